The topological polar surface area (TPSA) is 84.9 Å². The summed E-state index contributed by atoms with van der Waals surface area (Å²) in [6.45, 7) is 4.92. The predicted molar refractivity (Wildman–Crippen MR) is 75.5 cm³/mol. The van der Waals surface area contributed by atoms with Crippen LogP contribution in [0.4, 0.5) is 5.69 Å². The summed E-state index contributed by atoms with van der Waals surface area (Å²) in [5.41, 5.74) is 1.10. The van der Waals surface area contributed by atoms with Crippen LogP contribution in [-0.2, 0) is 25.5 Å². The Morgan fingerprint density at radius 2 is 1.86 bits per heavy atom. The molecule has 0 aromatic heterocycles. The number of cyclic esters (lactones) is 2. The smallest absolute Gasteiger partial charge is 0.350 e. The lowest BCUT2D eigenvalue weighted by Crippen LogP contribution is -2.42. The molecule has 0 saturated carbocycles. The molecule has 1 saturated heterocycles. The fourth-order valence-electron chi connectivity index (χ4n) is 1.85. The molecule has 1 aromatic rings. The first-order chi connectivity index (χ1) is 9.82. The average molecular weight is 291 g/mol. The molecule has 6 nitrogen and oxygen atoms in total. The van der Waals surface area contributed by atoms with Crippen LogP contribution < -0.4 is 5.32 Å². The largest absolute Gasteiger partial charge is 0.506 e. The number of hydrogen-bond donors (Lipinski definition) is 2. The molecule has 0 spiro atoms. The highest BCUT2D eigenvalue weighted by atomic mass is 16.7. The standard InChI is InChI=1S/C15H17NO5/c1-4-9-5-6-11(12(17)7-9)16-8-10-13(18)20-15(2,3)21-14(10)19/h5-8,16-17H,4H2,1-3H3. The highest BCUT2D eigenvalue weighted by molar-refractivity contribution is 6.15. The van der Waals surface area contributed by atoms with Gasteiger partial charge in [-0.1, -0.05) is 13.0 Å². The Hall–Kier alpha value is -2.50. The van der Waals surface area contributed by atoms with Crippen molar-refractivity contribution in [2.45, 2.75) is 33.0 Å². The highest BCUT2D eigenvalue weighted by Crippen LogP contribution is 2.26. The maximum atomic E-state index is 11.7. The molecule has 1 aliphatic heterocycles. The third kappa shape index (κ3) is 3.34. The summed E-state index contributed by atoms with van der Waals surface area (Å²) in [5, 5.41) is 12.6. The first-order valence-corrected chi connectivity index (χ1v) is 6.57. The summed E-state index contributed by atoms with van der Waals surface area (Å²) in [7, 11) is 0. The molecule has 0 amide bonds. The van der Waals surface area contributed by atoms with E-state index in [1.54, 1.807) is 12.1 Å². The highest BCUT2D eigenvalue weighted by Gasteiger charge is 2.38. The molecule has 0 bridgehead atoms. The number of benzene rings is 1. The lowest BCUT2D eigenvalue weighted by Gasteiger charge is -2.29. The second-order valence-electron chi connectivity index (χ2n) is 5.09. The summed E-state index contributed by atoms with van der Waals surface area (Å²) in [5.74, 6) is -2.78. The van der Waals surface area contributed by atoms with E-state index in [1.165, 1.54) is 20.0 Å². The molecule has 21 heavy (non-hydrogen) atoms. The number of hydrogen-bond acceptors (Lipinski definition) is 6. The zero-order chi connectivity index (χ0) is 15.6. The number of phenolic OH excluding ortho intramolecular Hbond substituents is 1. The fraction of sp³-hybridized carbons (Fsp3) is 0.333. The molecule has 0 unspecified atom stereocenters. The van der Waals surface area contributed by atoms with Gasteiger partial charge in [-0.2, -0.15) is 0 Å². The van der Waals surface area contributed by atoms with Gasteiger partial charge >= 0.3 is 11.9 Å². The molecule has 2 N–H and O–H groups in total. The Bertz CT molecular complexity index is 596. The molecule has 1 aromatic carbocycles. The van der Waals surface area contributed by atoms with Gasteiger partial charge in [-0.3, -0.25) is 0 Å². The van der Waals surface area contributed by atoms with Crippen molar-refractivity contribution >= 4 is 17.6 Å². The molecule has 2 rings (SSSR count). The second-order valence-corrected chi connectivity index (χ2v) is 5.09. The van der Waals surface area contributed by atoms with E-state index in [-0.39, 0.29) is 11.3 Å². The number of ether oxygens (including phenoxy) is 2. The van der Waals surface area contributed by atoms with Gasteiger partial charge in [-0.15, -0.1) is 0 Å². The molecule has 6 heteroatoms. The van der Waals surface area contributed by atoms with Crippen LogP contribution >= 0.6 is 0 Å². The van der Waals surface area contributed by atoms with E-state index in [9.17, 15) is 14.7 Å². The lowest BCUT2D eigenvalue weighted by molar-refractivity contribution is -0.222. The molecular formula is C15H17NO5. The van der Waals surface area contributed by atoms with Crippen LogP contribution in [-0.4, -0.2) is 22.8 Å². The van der Waals surface area contributed by atoms with Crippen molar-refractivity contribution in [3.05, 3.63) is 35.5 Å². The zero-order valence-electron chi connectivity index (χ0n) is 12.1. The number of aryl methyl sites for hydroxylation is 1. The maximum absolute atomic E-state index is 11.7. The number of phenols is 1. The number of carbonyl (C=O) groups excluding carboxylic acids is 2. The Labute approximate surface area is 122 Å². The van der Waals surface area contributed by atoms with Gasteiger partial charge in [0.25, 0.3) is 5.79 Å². The molecule has 0 radical (unpaired) electrons. The van der Waals surface area contributed by atoms with Crippen molar-refractivity contribution in [3.63, 3.8) is 0 Å². The van der Waals surface area contributed by atoms with Crippen LogP contribution in [0.2, 0.25) is 0 Å². The predicted octanol–water partition coefficient (Wildman–Crippen LogP) is 2.09. The normalized spacial score (nSPS) is 17.0. The van der Waals surface area contributed by atoms with Gasteiger partial charge in [0.05, 0.1) is 5.69 Å². The van der Waals surface area contributed by atoms with Gasteiger partial charge in [-0.05, 0) is 24.1 Å². The van der Waals surface area contributed by atoms with Gasteiger partial charge < -0.3 is 19.9 Å². The van der Waals surface area contributed by atoms with E-state index < -0.39 is 17.7 Å². The van der Waals surface area contributed by atoms with Crippen LogP contribution in [0.15, 0.2) is 30.0 Å². The molecular weight excluding hydrogens is 274 g/mol. The summed E-state index contributed by atoms with van der Waals surface area (Å²) < 4.78 is 9.92. The van der Waals surface area contributed by atoms with Gasteiger partial charge in [0.2, 0.25) is 0 Å². The minimum Gasteiger partial charge on any atom is -0.506 e. The van der Waals surface area contributed by atoms with Crippen molar-refractivity contribution in [2.75, 3.05) is 5.32 Å². The third-order valence-corrected chi connectivity index (χ3v) is 2.96. The monoisotopic (exact) mass is 291 g/mol. The number of anilines is 1. The average Bonchev–Trinajstić information content (AvgIpc) is 2.37. The van der Waals surface area contributed by atoms with Crippen molar-refractivity contribution in [3.8, 4) is 5.75 Å². The van der Waals surface area contributed by atoms with E-state index in [4.69, 9.17) is 9.47 Å². The van der Waals surface area contributed by atoms with E-state index >= 15 is 0 Å². The Kier molecular flexibility index (Phi) is 3.88. The van der Waals surface area contributed by atoms with E-state index in [2.05, 4.69) is 5.32 Å². The van der Waals surface area contributed by atoms with Gasteiger partial charge in [-0.25, -0.2) is 9.59 Å². The fourth-order valence-corrected chi connectivity index (χ4v) is 1.85. The second kappa shape index (κ2) is 5.47. The number of esters is 2. The maximum Gasteiger partial charge on any atom is 0.350 e. The van der Waals surface area contributed by atoms with Crippen LogP contribution in [0, 0.1) is 0 Å². The molecule has 112 valence electrons. The number of carbonyl (C=O) groups is 2. The van der Waals surface area contributed by atoms with Crippen molar-refractivity contribution in [1.82, 2.24) is 0 Å². The van der Waals surface area contributed by atoms with Crippen molar-refractivity contribution in [2.24, 2.45) is 0 Å². The molecule has 0 aliphatic carbocycles. The summed E-state index contributed by atoms with van der Waals surface area (Å²) in [6.07, 6.45) is 1.96. The SMILES string of the molecule is CCc1ccc(NC=C2C(=O)OC(C)(C)OC2=O)c(O)c1. The summed E-state index contributed by atoms with van der Waals surface area (Å²) in [4.78, 5) is 23.5. The summed E-state index contributed by atoms with van der Waals surface area (Å²) >= 11 is 0. The van der Waals surface area contributed by atoms with Gasteiger partial charge in [0.1, 0.15) is 5.75 Å². The molecule has 0 atom stereocenters. The molecule has 1 aliphatic rings. The first kappa shape index (κ1) is 14.9. The van der Waals surface area contributed by atoms with Gasteiger partial charge in [0, 0.05) is 20.0 Å². The Morgan fingerprint density at radius 3 is 2.38 bits per heavy atom. The van der Waals surface area contributed by atoms with Crippen LogP contribution in [0.5, 0.6) is 5.75 Å². The number of nitrogens with one attached hydrogen (secondary N) is 1. The molecule has 1 fully saturated rings. The van der Waals surface area contributed by atoms with E-state index in [0.29, 0.717) is 5.69 Å². The van der Waals surface area contributed by atoms with E-state index in [1.807, 2.05) is 13.0 Å². The number of aromatic hydroxyl groups is 1. The quantitative estimate of drug-likeness (QED) is 0.384. The van der Waals surface area contributed by atoms with Crippen LogP contribution in [0.1, 0.15) is 26.3 Å². The Morgan fingerprint density at radius 1 is 1.24 bits per heavy atom. The van der Waals surface area contributed by atoms with Gasteiger partial charge in [0.15, 0.2) is 5.57 Å². The minimum atomic E-state index is -1.27. The van der Waals surface area contributed by atoms with E-state index in [0.717, 1.165) is 12.0 Å². The van der Waals surface area contributed by atoms with Crippen LogP contribution in [0.3, 0.4) is 0 Å². The number of rotatable bonds is 3. The minimum absolute atomic E-state index is 0.0315. The van der Waals surface area contributed by atoms with Crippen molar-refractivity contribution < 1.29 is 24.2 Å². The lowest BCUT2D eigenvalue weighted by atomic mass is 10.1. The third-order valence-electron chi connectivity index (χ3n) is 2.96. The summed E-state index contributed by atoms with van der Waals surface area (Å²) in [6, 6.07) is 5.11. The van der Waals surface area contributed by atoms with Crippen LogP contribution in [0.25, 0.3) is 0 Å². The Balaban J connectivity index is 2.18. The molecule has 1 heterocycles. The van der Waals surface area contributed by atoms with Crippen molar-refractivity contribution in [1.29, 1.82) is 0 Å². The first-order valence-electron chi connectivity index (χ1n) is 6.57. The zero-order valence-corrected chi connectivity index (χ0v) is 12.1.